The molecule has 4 nitrogen and oxygen atoms in total. The zero-order valence-corrected chi connectivity index (χ0v) is 10.7. The van der Waals surface area contributed by atoms with E-state index in [9.17, 15) is 0 Å². The van der Waals surface area contributed by atoms with E-state index in [0.717, 1.165) is 22.1 Å². The number of nitrogens with two attached hydrogens (primary N) is 1. The van der Waals surface area contributed by atoms with Crippen molar-refractivity contribution in [1.82, 2.24) is 4.98 Å². The lowest BCUT2D eigenvalue weighted by molar-refractivity contribution is 1.36. The van der Waals surface area contributed by atoms with E-state index in [1.807, 2.05) is 36.5 Å². The number of nitrogen functional groups attached to an aromatic ring is 1. The van der Waals surface area contributed by atoms with E-state index < -0.39 is 0 Å². The van der Waals surface area contributed by atoms with Gasteiger partial charge in [0.05, 0.1) is 23.0 Å². The fraction of sp³-hybridized carbons (Fsp3) is 0. The summed E-state index contributed by atoms with van der Waals surface area (Å²) in [4.78, 5) is 4.11. The van der Waals surface area contributed by atoms with Gasteiger partial charge < -0.3 is 11.1 Å². The Morgan fingerprint density at radius 1 is 1.10 bits per heavy atom. The molecule has 0 fully saturated rings. The molecule has 0 spiro atoms. The van der Waals surface area contributed by atoms with Crippen molar-refractivity contribution in [1.29, 1.82) is 5.26 Å². The Kier molecular flexibility index (Phi) is 2.94. The van der Waals surface area contributed by atoms with E-state index in [-0.39, 0.29) is 0 Å². The molecule has 0 atom stereocenters. The highest BCUT2D eigenvalue weighted by atomic mass is 14.9. The molecule has 0 amide bonds. The smallest absolute Gasteiger partial charge is 0.0992 e. The second kappa shape index (κ2) is 4.90. The molecule has 2 aromatic carbocycles. The van der Waals surface area contributed by atoms with E-state index in [2.05, 4.69) is 16.4 Å². The summed E-state index contributed by atoms with van der Waals surface area (Å²) < 4.78 is 0. The lowest BCUT2D eigenvalue weighted by atomic mass is 10.1. The number of nitrogens with zero attached hydrogens (tertiary/aromatic N) is 2. The molecule has 0 aliphatic carbocycles. The van der Waals surface area contributed by atoms with Crippen LogP contribution >= 0.6 is 0 Å². The molecule has 0 bridgehead atoms. The topological polar surface area (TPSA) is 74.7 Å². The minimum atomic E-state index is 0.551. The van der Waals surface area contributed by atoms with Gasteiger partial charge in [-0.25, -0.2) is 0 Å². The largest absolute Gasteiger partial charge is 0.397 e. The fourth-order valence-electron chi connectivity index (χ4n) is 2.12. The number of anilines is 3. The van der Waals surface area contributed by atoms with Crippen LogP contribution in [0.3, 0.4) is 0 Å². The summed E-state index contributed by atoms with van der Waals surface area (Å²) in [7, 11) is 0. The molecule has 96 valence electrons. The van der Waals surface area contributed by atoms with Crippen LogP contribution in [-0.2, 0) is 0 Å². The Labute approximate surface area is 116 Å². The number of rotatable bonds is 2. The summed E-state index contributed by atoms with van der Waals surface area (Å²) in [5.74, 6) is 0. The molecular formula is C16H12N4. The van der Waals surface area contributed by atoms with E-state index >= 15 is 0 Å². The number of hydrogen-bond acceptors (Lipinski definition) is 4. The third-order valence-corrected chi connectivity index (χ3v) is 3.13. The van der Waals surface area contributed by atoms with Gasteiger partial charge in [-0.15, -0.1) is 0 Å². The Hall–Kier alpha value is -3.06. The van der Waals surface area contributed by atoms with Gasteiger partial charge in [0, 0.05) is 28.9 Å². The second-order valence-corrected chi connectivity index (χ2v) is 4.44. The maximum absolute atomic E-state index is 8.85. The van der Waals surface area contributed by atoms with Crippen LogP contribution in [0.4, 0.5) is 17.1 Å². The minimum Gasteiger partial charge on any atom is -0.397 e. The van der Waals surface area contributed by atoms with Gasteiger partial charge in [-0.3, -0.25) is 4.98 Å². The van der Waals surface area contributed by atoms with Crippen LogP contribution in [0.2, 0.25) is 0 Å². The van der Waals surface area contributed by atoms with Crippen molar-refractivity contribution < 1.29 is 0 Å². The summed E-state index contributed by atoms with van der Waals surface area (Å²) in [6.07, 6.45) is 3.58. The maximum atomic E-state index is 8.85. The predicted molar refractivity (Wildman–Crippen MR) is 80.6 cm³/mol. The molecule has 4 heteroatoms. The molecule has 0 saturated heterocycles. The Morgan fingerprint density at radius 3 is 2.80 bits per heavy atom. The summed E-state index contributed by atoms with van der Waals surface area (Å²) in [5, 5.41) is 14.3. The number of aromatic nitrogens is 1. The van der Waals surface area contributed by atoms with Crippen molar-refractivity contribution in [2.75, 3.05) is 11.1 Å². The second-order valence-electron chi connectivity index (χ2n) is 4.44. The monoisotopic (exact) mass is 260 g/mol. The Balaban J connectivity index is 2.04. The number of nitrogens with one attached hydrogen (secondary N) is 1. The lowest BCUT2D eigenvalue weighted by Gasteiger charge is -2.11. The average molecular weight is 260 g/mol. The molecular weight excluding hydrogens is 248 g/mol. The summed E-state index contributed by atoms with van der Waals surface area (Å²) in [6.45, 7) is 0. The van der Waals surface area contributed by atoms with E-state index in [1.165, 1.54) is 0 Å². The highest BCUT2D eigenvalue weighted by Crippen LogP contribution is 2.28. The highest BCUT2D eigenvalue weighted by Gasteiger charge is 2.04. The van der Waals surface area contributed by atoms with Gasteiger partial charge in [0.1, 0.15) is 0 Å². The molecule has 3 rings (SSSR count). The molecule has 1 aromatic heterocycles. The van der Waals surface area contributed by atoms with Crippen LogP contribution in [0.15, 0.2) is 54.9 Å². The fourth-order valence-corrected chi connectivity index (χ4v) is 2.12. The molecule has 0 aliphatic heterocycles. The lowest BCUT2D eigenvalue weighted by Crippen LogP contribution is -1.97. The van der Waals surface area contributed by atoms with Gasteiger partial charge in [0.2, 0.25) is 0 Å². The van der Waals surface area contributed by atoms with E-state index in [4.69, 9.17) is 11.0 Å². The van der Waals surface area contributed by atoms with Crippen molar-refractivity contribution in [2.24, 2.45) is 0 Å². The number of pyridine rings is 1. The quantitative estimate of drug-likeness (QED) is 0.692. The Bertz CT molecular complexity index is 813. The third-order valence-electron chi connectivity index (χ3n) is 3.13. The third kappa shape index (κ3) is 2.13. The summed E-state index contributed by atoms with van der Waals surface area (Å²) >= 11 is 0. The standard InChI is InChI=1S/C16H12N4/c17-9-11-4-5-16(14(18)8-11)20-15-3-1-2-12-10-19-7-6-13(12)15/h1-8,10,20H,18H2. The first-order valence-electron chi connectivity index (χ1n) is 6.17. The zero-order chi connectivity index (χ0) is 13.9. The number of benzene rings is 2. The van der Waals surface area contributed by atoms with Crippen LogP contribution in [0.25, 0.3) is 10.8 Å². The number of nitriles is 1. The molecule has 0 unspecified atom stereocenters. The maximum Gasteiger partial charge on any atom is 0.0992 e. The van der Waals surface area contributed by atoms with Crippen molar-refractivity contribution >= 4 is 27.8 Å². The van der Waals surface area contributed by atoms with Crippen LogP contribution in [0.1, 0.15) is 5.56 Å². The first-order chi connectivity index (χ1) is 9.78. The molecule has 0 aliphatic rings. The molecule has 1 heterocycles. The first-order valence-corrected chi connectivity index (χ1v) is 6.17. The van der Waals surface area contributed by atoms with Crippen molar-refractivity contribution in [2.45, 2.75) is 0 Å². The first kappa shape index (κ1) is 12.0. The van der Waals surface area contributed by atoms with Crippen molar-refractivity contribution in [3.63, 3.8) is 0 Å². The van der Waals surface area contributed by atoms with Crippen LogP contribution in [0, 0.1) is 11.3 Å². The molecule has 20 heavy (non-hydrogen) atoms. The van der Waals surface area contributed by atoms with Gasteiger partial charge in [0.15, 0.2) is 0 Å². The van der Waals surface area contributed by atoms with Gasteiger partial charge >= 0.3 is 0 Å². The number of fused-ring (bicyclic) bond motifs is 1. The van der Waals surface area contributed by atoms with Crippen molar-refractivity contribution in [3.8, 4) is 6.07 Å². The highest BCUT2D eigenvalue weighted by molar-refractivity contribution is 5.95. The van der Waals surface area contributed by atoms with E-state index in [0.29, 0.717) is 11.3 Å². The molecule has 3 aromatic rings. The predicted octanol–water partition coefficient (Wildman–Crippen LogP) is 3.43. The minimum absolute atomic E-state index is 0.551. The van der Waals surface area contributed by atoms with Gasteiger partial charge in [-0.1, -0.05) is 12.1 Å². The van der Waals surface area contributed by atoms with E-state index in [1.54, 1.807) is 18.3 Å². The summed E-state index contributed by atoms with van der Waals surface area (Å²) in [5.41, 5.74) is 8.81. The summed E-state index contributed by atoms with van der Waals surface area (Å²) in [6, 6.07) is 15.2. The van der Waals surface area contributed by atoms with Crippen LogP contribution in [-0.4, -0.2) is 4.98 Å². The van der Waals surface area contributed by atoms with Gasteiger partial charge in [-0.05, 0) is 30.3 Å². The Morgan fingerprint density at radius 2 is 2.00 bits per heavy atom. The van der Waals surface area contributed by atoms with Crippen LogP contribution in [0.5, 0.6) is 0 Å². The normalized spacial score (nSPS) is 10.2. The van der Waals surface area contributed by atoms with Gasteiger partial charge in [0.25, 0.3) is 0 Å². The molecule has 0 radical (unpaired) electrons. The zero-order valence-electron chi connectivity index (χ0n) is 10.7. The van der Waals surface area contributed by atoms with Crippen molar-refractivity contribution in [3.05, 3.63) is 60.4 Å². The van der Waals surface area contributed by atoms with Gasteiger partial charge in [-0.2, -0.15) is 5.26 Å². The number of hydrogen-bond donors (Lipinski definition) is 2. The SMILES string of the molecule is N#Cc1ccc(Nc2cccc3cnccc23)c(N)c1. The van der Waals surface area contributed by atoms with Crippen LogP contribution < -0.4 is 11.1 Å². The molecule has 3 N–H and O–H groups in total. The average Bonchev–Trinajstić information content (AvgIpc) is 2.49. The molecule has 0 saturated carbocycles.